The topological polar surface area (TPSA) is 109 Å². The minimum Gasteiger partial charge on any atom is -0.324 e. The number of thiazole rings is 1. The molecule has 0 bridgehead atoms. The SMILES string of the molecule is Cc1ncc(NC(=O)C2CCN(C(C)C)C2)cc1NC(=O)c1cnn2cc(-c3cnn(C)c3C)sc12. The van der Waals surface area contributed by atoms with Crippen LogP contribution in [0.4, 0.5) is 11.4 Å². The van der Waals surface area contributed by atoms with E-state index in [0.29, 0.717) is 28.7 Å². The summed E-state index contributed by atoms with van der Waals surface area (Å²) in [5, 5.41) is 14.6. The summed E-state index contributed by atoms with van der Waals surface area (Å²) in [6.45, 7) is 9.79. The lowest BCUT2D eigenvalue weighted by Crippen LogP contribution is -2.31. The van der Waals surface area contributed by atoms with E-state index in [1.54, 1.807) is 23.0 Å². The summed E-state index contributed by atoms with van der Waals surface area (Å²) in [7, 11) is 1.90. The van der Waals surface area contributed by atoms with Crippen molar-refractivity contribution in [2.75, 3.05) is 23.7 Å². The molecule has 4 aromatic rings. The van der Waals surface area contributed by atoms with E-state index in [1.165, 1.54) is 11.3 Å². The van der Waals surface area contributed by atoms with Crippen molar-refractivity contribution in [2.45, 2.75) is 40.2 Å². The summed E-state index contributed by atoms with van der Waals surface area (Å²) in [5.41, 5.74) is 4.31. The molecule has 36 heavy (non-hydrogen) atoms. The molecule has 1 fully saturated rings. The molecule has 0 spiro atoms. The van der Waals surface area contributed by atoms with Gasteiger partial charge < -0.3 is 15.5 Å². The van der Waals surface area contributed by atoms with Gasteiger partial charge in [-0.2, -0.15) is 10.2 Å². The van der Waals surface area contributed by atoms with Crippen LogP contribution in [0.5, 0.6) is 0 Å². The summed E-state index contributed by atoms with van der Waals surface area (Å²) in [5.74, 6) is -0.349. The van der Waals surface area contributed by atoms with Gasteiger partial charge in [0.2, 0.25) is 5.91 Å². The van der Waals surface area contributed by atoms with Crippen LogP contribution in [0.2, 0.25) is 0 Å². The van der Waals surface area contributed by atoms with Crippen LogP contribution in [0.1, 0.15) is 42.0 Å². The normalized spacial score (nSPS) is 16.2. The predicted molar refractivity (Wildman–Crippen MR) is 140 cm³/mol. The standard InChI is InChI=1S/C25H30N8O2S/c1-14(2)32-7-6-17(12-32)23(34)29-18-8-21(15(3)26-9-18)30-24(35)20-11-28-33-13-22(36-25(20)33)19-10-27-31(5)16(19)4/h8-11,13-14,17H,6-7,12H2,1-5H3,(H,29,34)(H,30,35). The highest BCUT2D eigenvalue weighted by atomic mass is 32.1. The fraction of sp³-hybridized carbons (Fsp3) is 0.400. The van der Waals surface area contributed by atoms with Gasteiger partial charge in [-0.3, -0.25) is 19.3 Å². The summed E-state index contributed by atoms with van der Waals surface area (Å²) in [4.78, 5) is 34.4. The molecule has 5 heterocycles. The molecule has 1 aliphatic rings. The molecule has 1 saturated heterocycles. The van der Waals surface area contributed by atoms with Crippen molar-refractivity contribution in [3.05, 3.63) is 47.8 Å². The Balaban J connectivity index is 1.32. The number of pyridine rings is 1. The second-order valence-corrected chi connectivity index (χ2v) is 10.6. The molecule has 1 unspecified atom stereocenters. The van der Waals surface area contributed by atoms with E-state index in [4.69, 9.17) is 0 Å². The van der Waals surface area contributed by atoms with Crippen LogP contribution in [0.25, 0.3) is 15.3 Å². The van der Waals surface area contributed by atoms with Crippen LogP contribution < -0.4 is 10.6 Å². The molecule has 0 radical (unpaired) electrons. The highest BCUT2D eigenvalue weighted by Crippen LogP contribution is 2.32. The first-order valence-electron chi connectivity index (χ1n) is 12.0. The van der Waals surface area contributed by atoms with Gasteiger partial charge in [-0.25, -0.2) is 4.52 Å². The van der Waals surface area contributed by atoms with Crippen LogP contribution in [0.15, 0.2) is 30.9 Å². The number of nitrogens with zero attached hydrogens (tertiary/aromatic N) is 6. The number of aromatic nitrogens is 5. The second kappa shape index (κ2) is 9.47. The Morgan fingerprint density at radius 2 is 1.94 bits per heavy atom. The van der Waals surface area contributed by atoms with Gasteiger partial charge >= 0.3 is 0 Å². The zero-order valence-electron chi connectivity index (χ0n) is 21.1. The maximum atomic E-state index is 13.2. The Bertz CT molecular complexity index is 1450. The third-order valence-electron chi connectivity index (χ3n) is 6.86. The van der Waals surface area contributed by atoms with Crippen molar-refractivity contribution in [1.82, 2.24) is 29.3 Å². The minimum absolute atomic E-state index is 0.0174. The van der Waals surface area contributed by atoms with Gasteiger partial charge in [0.05, 0.1) is 52.0 Å². The van der Waals surface area contributed by atoms with Gasteiger partial charge in [0.25, 0.3) is 5.91 Å². The molecule has 1 aliphatic heterocycles. The lowest BCUT2D eigenvalue weighted by Gasteiger charge is -2.20. The van der Waals surface area contributed by atoms with Gasteiger partial charge in [0.1, 0.15) is 4.83 Å². The van der Waals surface area contributed by atoms with E-state index in [0.717, 1.165) is 40.5 Å². The molecular weight excluding hydrogens is 476 g/mol. The lowest BCUT2D eigenvalue weighted by molar-refractivity contribution is -0.119. The zero-order valence-corrected chi connectivity index (χ0v) is 21.9. The Kier molecular flexibility index (Phi) is 6.35. The molecule has 0 saturated carbocycles. The summed E-state index contributed by atoms with van der Waals surface area (Å²) in [6, 6.07) is 2.18. The molecule has 5 rings (SSSR count). The molecular formula is C25H30N8O2S. The summed E-state index contributed by atoms with van der Waals surface area (Å²) in [6.07, 6.45) is 7.76. The van der Waals surface area contributed by atoms with E-state index < -0.39 is 0 Å². The third kappa shape index (κ3) is 4.51. The van der Waals surface area contributed by atoms with E-state index in [-0.39, 0.29) is 17.7 Å². The number of anilines is 2. The fourth-order valence-corrected chi connectivity index (χ4v) is 5.56. The van der Waals surface area contributed by atoms with Gasteiger partial charge in [0, 0.05) is 37.1 Å². The molecule has 188 valence electrons. The van der Waals surface area contributed by atoms with E-state index in [2.05, 4.69) is 44.6 Å². The number of carbonyl (C=O) groups is 2. The Hall–Kier alpha value is -3.57. The maximum Gasteiger partial charge on any atom is 0.260 e. The number of hydrogen-bond donors (Lipinski definition) is 2. The molecule has 1 atom stereocenters. The van der Waals surface area contributed by atoms with E-state index >= 15 is 0 Å². The van der Waals surface area contributed by atoms with Crippen molar-refractivity contribution in [3.8, 4) is 10.4 Å². The third-order valence-corrected chi connectivity index (χ3v) is 8.01. The molecule has 0 aliphatic carbocycles. The largest absolute Gasteiger partial charge is 0.324 e. The maximum absolute atomic E-state index is 13.2. The molecule has 2 N–H and O–H groups in total. The van der Waals surface area contributed by atoms with Crippen LogP contribution in [0, 0.1) is 19.8 Å². The number of carbonyl (C=O) groups excluding carboxylic acids is 2. The number of fused-ring (bicyclic) bond motifs is 1. The smallest absolute Gasteiger partial charge is 0.260 e. The molecule has 10 nitrogen and oxygen atoms in total. The van der Waals surface area contributed by atoms with Gasteiger partial charge in [-0.15, -0.1) is 11.3 Å². The average molecular weight is 507 g/mol. The summed E-state index contributed by atoms with van der Waals surface area (Å²) >= 11 is 1.49. The fourth-order valence-electron chi connectivity index (χ4n) is 4.44. The van der Waals surface area contributed by atoms with Crippen LogP contribution in [-0.4, -0.2) is 60.2 Å². The minimum atomic E-state index is -0.280. The predicted octanol–water partition coefficient (Wildman–Crippen LogP) is 3.73. The lowest BCUT2D eigenvalue weighted by atomic mass is 10.1. The number of rotatable bonds is 6. The second-order valence-electron chi connectivity index (χ2n) is 9.55. The summed E-state index contributed by atoms with van der Waals surface area (Å²) < 4.78 is 3.53. The van der Waals surface area contributed by atoms with E-state index in [9.17, 15) is 9.59 Å². The highest BCUT2D eigenvalue weighted by Gasteiger charge is 2.29. The monoisotopic (exact) mass is 506 g/mol. The first-order valence-corrected chi connectivity index (χ1v) is 12.8. The van der Waals surface area contributed by atoms with Crippen LogP contribution in [-0.2, 0) is 11.8 Å². The van der Waals surface area contributed by atoms with Gasteiger partial charge in [0.15, 0.2) is 0 Å². The first-order chi connectivity index (χ1) is 17.2. The van der Waals surface area contributed by atoms with Crippen molar-refractivity contribution < 1.29 is 9.59 Å². The Morgan fingerprint density at radius 1 is 1.14 bits per heavy atom. The number of aryl methyl sites for hydroxylation is 2. The zero-order chi connectivity index (χ0) is 25.6. The van der Waals surface area contributed by atoms with Crippen molar-refractivity contribution in [1.29, 1.82) is 0 Å². The molecule has 2 amide bonds. The quantitative estimate of drug-likeness (QED) is 0.412. The molecule has 4 aromatic heterocycles. The average Bonchev–Trinajstić information content (AvgIpc) is 3.61. The van der Waals surface area contributed by atoms with Gasteiger partial charge in [-0.05, 0) is 46.7 Å². The first kappa shape index (κ1) is 24.1. The number of likely N-dealkylation sites (tertiary alicyclic amines) is 1. The van der Waals surface area contributed by atoms with Crippen molar-refractivity contribution >= 4 is 39.4 Å². The highest BCUT2D eigenvalue weighted by molar-refractivity contribution is 7.21. The van der Waals surface area contributed by atoms with E-state index in [1.807, 2.05) is 38.0 Å². The Morgan fingerprint density at radius 3 is 2.64 bits per heavy atom. The van der Waals surface area contributed by atoms with Crippen LogP contribution in [0.3, 0.4) is 0 Å². The Labute approximate surface area is 213 Å². The van der Waals surface area contributed by atoms with Crippen LogP contribution >= 0.6 is 11.3 Å². The van der Waals surface area contributed by atoms with Gasteiger partial charge in [-0.1, -0.05) is 0 Å². The molecule has 11 heteroatoms. The number of hydrogen-bond acceptors (Lipinski definition) is 7. The van der Waals surface area contributed by atoms with Crippen molar-refractivity contribution in [2.24, 2.45) is 13.0 Å². The van der Waals surface area contributed by atoms with Crippen molar-refractivity contribution in [3.63, 3.8) is 0 Å². The number of amides is 2. The molecule has 0 aromatic carbocycles. The number of nitrogens with one attached hydrogen (secondary N) is 2.